The number of carbonyl (C=O) groups is 1. The Labute approximate surface area is 191 Å². The third-order valence-corrected chi connectivity index (χ3v) is 5.61. The lowest BCUT2D eigenvalue weighted by Gasteiger charge is -2.38. The summed E-state index contributed by atoms with van der Waals surface area (Å²) in [6.07, 6.45) is 1.21. The van der Waals surface area contributed by atoms with E-state index in [1.54, 1.807) is 6.07 Å². The minimum atomic E-state index is -0.268. The number of rotatable bonds is 5. The summed E-state index contributed by atoms with van der Waals surface area (Å²) in [6, 6.07) is 6.85. The van der Waals surface area contributed by atoms with E-state index in [2.05, 4.69) is 31.0 Å². The fourth-order valence-corrected chi connectivity index (χ4v) is 3.88. The number of hydrogen-bond donors (Lipinski definition) is 1. The first-order valence-corrected chi connectivity index (χ1v) is 11.5. The molecule has 0 saturated carbocycles. The standard InChI is InChI=1S/C25H36FN5O/c1-7-21-19(16-18-10-8-9-11-20(18)26)23(28-22(27-21)17(2)3)30-12-14-31(15-13-30)24(32)29-25(4,5)6/h8-11,17H,7,12-16H2,1-6H3,(H,29,32). The minimum absolute atomic E-state index is 0.0384. The molecule has 2 heterocycles. The van der Waals surface area contributed by atoms with Gasteiger partial charge in [-0.05, 0) is 38.8 Å². The maximum Gasteiger partial charge on any atom is 0.317 e. The van der Waals surface area contributed by atoms with Crippen LogP contribution >= 0.6 is 0 Å². The molecule has 2 aromatic rings. The number of piperazine rings is 1. The molecule has 0 radical (unpaired) electrons. The fraction of sp³-hybridized carbons (Fsp3) is 0.560. The summed E-state index contributed by atoms with van der Waals surface area (Å²) >= 11 is 0. The van der Waals surface area contributed by atoms with Crippen molar-refractivity contribution >= 4 is 11.8 Å². The van der Waals surface area contributed by atoms with Crippen molar-refractivity contribution in [3.63, 3.8) is 0 Å². The molecular formula is C25H36FN5O. The van der Waals surface area contributed by atoms with Crippen LogP contribution in [-0.2, 0) is 12.8 Å². The average molecular weight is 442 g/mol. The van der Waals surface area contributed by atoms with E-state index in [0.29, 0.717) is 38.2 Å². The van der Waals surface area contributed by atoms with Gasteiger partial charge < -0.3 is 15.1 Å². The van der Waals surface area contributed by atoms with Gasteiger partial charge in [-0.15, -0.1) is 0 Å². The Hall–Kier alpha value is -2.70. The largest absolute Gasteiger partial charge is 0.353 e. The second kappa shape index (κ2) is 9.84. The molecule has 174 valence electrons. The van der Waals surface area contributed by atoms with Gasteiger partial charge in [0.15, 0.2) is 0 Å². The third kappa shape index (κ3) is 5.75. The monoisotopic (exact) mass is 441 g/mol. The lowest BCUT2D eigenvalue weighted by molar-refractivity contribution is 0.185. The number of anilines is 1. The van der Waals surface area contributed by atoms with Crippen molar-refractivity contribution in [3.8, 4) is 0 Å². The van der Waals surface area contributed by atoms with Gasteiger partial charge >= 0.3 is 6.03 Å². The van der Waals surface area contributed by atoms with Gasteiger partial charge in [0.05, 0.1) is 0 Å². The molecule has 0 unspecified atom stereocenters. The van der Waals surface area contributed by atoms with Gasteiger partial charge in [-0.3, -0.25) is 0 Å². The van der Waals surface area contributed by atoms with E-state index < -0.39 is 0 Å². The SMILES string of the molecule is CCc1nc(C(C)C)nc(N2CCN(C(=O)NC(C)(C)C)CC2)c1Cc1ccccc1F. The van der Waals surface area contributed by atoms with Crippen molar-refractivity contribution in [2.45, 2.75) is 65.8 Å². The lowest BCUT2D eigenvalue weighted by Crippen LogP contribution is -2.55. The predicted octanol–water partition coefficient (Wildman–Crippen LogP) is 4.52. The zero-order chi connectivity index (χ0) is 23.5. The van der Waals surface area contributed by atoms with Crippen LogP contribution in [0.1, 0.15) is 70.1 Å². The van der Waals surface area contributed by atoms with Crippen LogP contribution in [0.25, 0.3) is 0 Å². The third-order valence-electron chi connectivity index (χ3n) is 5.61. The highest BCUT2D eigenvalue weighted by atomic mass is 19.1. The van der Waals surface area contributed by atoms with Crippen molar-refractivity contribution in [1.29, 1.82) is 0 Å². The highest BCUT2D eigenvalue weighted by Gasteiger charge is 2.27. The molecule has 0 spiro atoms. The van der Waals surface area contributed by atoms with Gasteiger partial charge in [0.1, 0.15) is 17.5 Å². The van der Waals surface area contributed by atoms with Gasteiger partial charge in [0, 0.05) is 55.3 Å². The summed E-state index contributed by atoms with van der Waals surface area (Å²) < 4.78 is 14.5. The number of nitrogens with zero attached hydrogens (tertiary/aromatic N) is 4. The summed E-state index contributed by atoms with van der Waals surface area (Å²) in [5.41, 5.74) is 2.33. The molecule has 1 aromatic carbocycles. The van der Waals surface area contributed by atoms with Crippen LogP contribution in [0.3, 0.4) is 0 Å². The van der Waals surface area contributed by atoms with Crippen molar-refractivity contribution in [3.05, 3.63) is 52.7 Å². The number of aryl methyl sites for hydroxylation is 1. The molecule has 1 aromatic heterocycles. The Bertz CT molecular complexity index is 946. The Kier molecular flexibility index (Phi) is 7.36. The Morgan fingerprint density at radius 1 is 1.12 bits per heavy atom. The van der Waals surface area contributed by atoms with Gasteiger partial charge in [-0.1, -0.05) is 39.0 Å². The van der Waals surface area contributed by atoms with Crippen LogP contribution < -0.4 is 10.2 Å². The van der Waals surface area contributed by atoms with Crippen LogP contribution in [0.2, 0.25) is 0 Å². The molecule has 1 saturated heterocycles. The normalized spacial score (nSPS) is 14.8. The number of aromatic nitrogens is 2. The first-order valence-electron chi connectivity index (χ1n) is 11.5. The van der Waals surface area contributed by atoms with E-state index in [1.807, 2.05) is 37.8 Å². The van der Waals surface area contributed by atoms with Crippen molar-refractivity contribution in [2.75, 3.05) is 31.1 Å². The zero-order valence-corrected chi connectivity index (χ0v) is 20.2. The Morgan fingerprint density at radius 2 is 1.78 bits per heavy atom. The van der Waals surface area contributed by atoms with Gasteiger partial charge in [-0.2, -0.15) is 0 Å². The van der Waals surface area contributed by atoms with Gasteiger partial charge in [0.25, 0.3) is 0 Å². The summed E-state index contributed by atoms with van der Waals surface area (Å²) in [7, 11) is 0. The first-order chi connectivity index (χ1) is 15.1. The number of nitrogens with one attached hydrogen (secondary N) is 1. The molecular weight excluding hydrogens is 405 g/mol. The number of hydrogen-bond acceptors (Lipinski definition) is 4. The second-order valence-electron chi connectivity index (χ2n) is 9.76. The smallest absolute Gasteiger partial charge is 0.317 e. The molecule has 7 heteroatoms. The summed E-state index contributed by atoms with van der Waals surface area (Å²) in [5, 5.41) is 3.04. The van der Waals surface area contributed by atoms with Crippen molar-refractivity contribution < 1.29 is 9.18 Å². The second-order valence-corrected chi connectivity index (χ2v) is 9.76. The Balaban J connectivity index is 1.90. The number of amides is 2. The number of benzene rings is 1. The predicted molar refractivity (Wildman–Crippen MR) is 127 cm³/mol. The van der Waals surface area contributed by atoms with E-state index in [9.17, 15) is 9.18 Å². The molecule has 0 bridgehead atoms. The van der Waals surface area contributed by atoms with Crippen LogP contribution in [0.15, 0.2) is 24.3 Å². The van der Waals surface area contributed by atoms with Gasteiger partial charge in [0.2, 0.25) is 0 Å². The van der Waals surface area contributed by atoms with Gasteiger partial charge in [-0.25, -0.2) is 19.2 Å². The molecule has 0 aliphatic carbocycles. The topological polar surface area (TPSA) is 61.4 Å². The molecule has 3 rings (SSSR count). The summed E-state index contributed by atoms with van der Waals surface area (Å²) in [5.74, 6) is 1.67. The van der Waals surface area contributed by atoms with Crippen LogP contribution in [0.4, 0.5) is 15.0 Å². The van der Waals surface area contributed by atoms with E-state index >= 15 is 0 Å². The van der Waals surface area contributed by atoms with Crippen LogP contribution in [-0.4, -0.2) is 52.6 Å². The lowest BCUT2D eigenvalue weighted by atomic mass is 10.0. The van der Waals surface area contributed by atoms with Crippen molar-refractivity contribution in [1.82, 2.24) is 20.2 Å². The van der Waals surface area contributed by atoms with Crippen LogP contribution in [0.5, 0.6) is 0 Å². The van der Waals surface area contributed by atoms with Crippen LogP contribution in [0, 0.1) is 5.82 Å². The molecule has 1 fully saturated rings. The molecule has 0 atom stereocenters. The molecule has 32 heavy (non-hydrogen) atoms. The number of urea groups is 1. The molecule has 1 aliphatic rings. The average Bonchev–Trinajstić information content (AvgIpc) is 2.74. The van der Waals surface area contributed by atoms with E-state index in [1.165, 1.54) is 6.07 Å². The van der Waals surface area contributed by atoms with E-state index in [-0.39, 0.29) is 23.3 Å². The molecule has 6 nitrogen and oxygen atoms in total. The summed E-state index contributed by atoms with van der Waals surface area (Å²) in [4.78, 5) is 26.4. The molecule has 2 amide bonds. The Morgan fingerprint density at radius 3 is 2.34 bits per heavy atom. The highest BCUT2D eigenvalue weighted by Crippen LogP contribution is 2.28. The number of carbonyl (C=O) groups excluding carboxylic acids is 1. The molecule has 1 N–H and O–H groups in total. The first kappa shape index (κ1) is 24.0. The minimum Gasteiger partial charge on any atom is -0.353 e. The maximum absolute atomic E-state index is 14.5. The molecule has 1 aliphatic heterocycles. The van der Waals surface area contributed by atoms with E-state index in [4.69, 9.17) is 9.97 Å². The fourth-order valence-electron chi connectivity index (χ4n) is 3.88. The maximum atomic E-state index is 14.5. The number of halogens is 1. The van der Waals surface area contributed by atoms with E-state index in [0.717, 1.165) is 29.3 Å². The zero-order valence-electron chi connectivity index (χ0n) is 20.2. The summed E-state index contributed by atoms with van der Waals surface area (Å²) in [6.45, 7) is 14.8. The quantitative estimate of drug-likeness (QED) is 0.741. The highest BCUT2D eigenvalue weighted by molar-refractivity contribution is 5.75. The van der Waals surface area contributed by atoms with Crippen molar-refractivity contribution in [2.24, 2.45) is 0 Å².